The zero-order valence-corrected chi connectivity index (χ0v) is 28.1. The number of rotatable bonds is 12. The predicted octanol–water partition coefficient (Wildman–Crippen LogP) is 9.27. The van der Waals surface area contributed by atoms with Gasteiger partial charge in [-0.05, 0) is 99.1 Å². The van der Waals surface area contributed by atoms with Crippen molar-refractivity contribution in [3.8, 4) is 0 Å². The third-order valence-corrected chi connectivity index (χ3v) is 9.37. The van der Waals surface area contributed by atoms with Crippen LogP contribution in [-0.4, -0.2) is 49.0 Å². The molecule has 2 aliphatic carbocycles. The second kappa shape index (κ2) is 15.2. The minimum absolute atomic E-state index is 0. The van der Waals surface area contributed by atoms with Crippen molar-refractivity contribution in [1.82, 2.24) is 5.32 Å². The number of methoxy groups -OCH3 is 1. The summed E-state index contributed by atoms with van der Waals surface area (Å²) in [5.41, 5.74) is 3.67. The van der Waals surface area contributed by atoms with E-state index in [1.165, 1.54) is 50.0 Å². The second-order valence-corrected chi connectivity index (χ2v) is 13.2. The van der Waals surface area contributed by atoms with Crippen LogP contribution in [0.1, 0.15) is 91.6 Å². The van der Waals surface area contributed by atoms with Crippen LogP contribution in [0.5, 0.6) is 0 Å². The van der Waals surface area contributed by atoms with Crippen molar-refractivity contribution in [3.63, 3.8) is 0 Å². The Balaban J connectivity index is 0.00000196. The van der Waals surface area contributed by atoms with Gasteiger partial charge in [-0.15, -0.1) is 0 Å². The molecule has 2 N–H and O–H groups in total. The van der Waals surface area contributed by atoms with Crippen molar-refractivity contribution in [2.75, 3.05) is 20.3 Å². The summed E-state index contributed by atoms with van der Waals surface area (Å²) in [4.78, 5) is 4.95. The molecule has 254 valence electrons. The van der Waals surface area contributed by atoms with Crippen LogP contribution in [-0.2, 0) is 15.9 Å². The van der Waals surface area contributed by atoms with Crippen molar-refractivity contribution >= 4 is 11.4 Å². The smallest absolute Gasteiger partial charge is 0.401 e. The van der Waals surface area contributed by atoms with Crippen LogP contribution < -0.4 is 5.32 Å². The highest BCUT2D eigenvalue weighted by Crippen LogP contribution is 2.62. The maximum absolute atomic E-state index is 13.6. The van der Waals surface area contributed by atoms with Crippen LogP contribution >= 0.6 is 0 Å². The molecule has 2 fully saturated rings. The third kappa shape index (κ3) is 8.82. The minimum atomic E-state index is -4.37. The van der Waals surface area contributed by atoms with Crippen molar-refractivity contribution in [2.24, 2.45) is 16.3 Å². The molecule has 2 aliphatic heterocycles. The second-order valence-electron chi connectivity index (χ2n) is 13.2. The molecule has 5 rings (SSSR count). The Bertz CT molecular complexity index is 1380. The van der Waals surface area contributed by atoms with Gasteiger partial charge in [-0.1, -0.05) is 50.8 Å². The zero-order chi connectivity index (χ0) is 33.5. The van der Waals surface area contributed by atoms with E-state index in [0.29, 0.717) is 12.0 Å². The Morgan fingerprint density at radius 2 is 1.87 bits per heavy atom. The van der Waals surface area contributed by atoms with E-state index in [1.54, 1.807) is 6.92 Å². The molecule has 0 spiro atoms. The molecule has 1 aromatic rings. The fourth-order valence-electron chi connectivity index (χ4n) is 6.65. The number of hydrogen-bond donors (Lipinski definition) is 2. The van der Waals surface area contributed by atoms with E-state index in [0.717, 1.165) is 48.1 Å². The summed E-state index contributed by atoms with van der Waals surface area (Å²) >= 11 is 0. The van der Waals surface area contributed by atoms with Gasteiger partial charge in [0.1, 0.15) is 11.2 Å². The number of hydrogen-bond acceptors (Lipinski definition) is 5. The number of nitrogens with one attached hydrogen (secondary N) is 1. The number of alkyl halides is 3. The topological polar surface area (TPSA) is 63.1 Å². The van der Waals surface area contributed by atoms with E-state index in [1.807, 2.05) is 44.3 Å². The van der Waals surface area contributed by atoms with Crippen LogP contribution in [0, 0.1) is 11.3 Å². The molecular weight excluding hydrogens is 589 g/mol. The summed E-state index contributed by atoms with van der Waals surface area (Å²) in [5.74, 6) is 0.658. The van der Waals surface area contributed by atoms with Crippen molar-refractivity contribution in [3.05, 3.63) is 88.9 Å². The Labute approximate surface area is 274 Å². The first kappa shape index (κ1) is 35.7. The number of ether oxygens (including phenoxy) is 2. The molecule has 2 atom stereocenters. The molecule has 5 nitrogen and oxygen atoms in total. The van der Waals surface area contributed by atoms with Crippen LogP contribution in [0.4, 0.5) is 13.2 Å². The third-order valence-electron chi connectivity index (χ3n) is 9.37. The van der Waals surface area contributed by atoms with Gasteiger partial charge in [-0.3, -0.25) is 0 Å². The van der Waals surface area contributed by atoms with Gasteiger partial charge in [0.25, 0.3) is 0 Å². The first-order valence-corrected chi connectivity index (χ1v) is 16.7. The van der Waals surface area contributed by atoms with Gasteiger partial charge in [0, 0.05) is 39.2 Å². The van der Waals surface area contributed by atoms with E-state index in [9.17, 15) is 18.3 Å². The normalized spacial score (nSPS) is 22.4. The maximum atomic E-state index is 13.6. The molecule has 1 saturated heterocycles. The average Bonchev–Trinajstić information content (AvgIpc) is 3.84. The van der Waals surface area contributed by atoms with Crippen molar-refractivity contribution < 1.29 is 29.2 Å². The quantitative estimate of drug-likeness (QED) is 0.176. The molecule has 0 aromatic heterocycles. The lowest BCUT2D eigenvalue weighted by molar-refractivity contribution is -0.184. The summed E-state index contributed by atoms with van der Waals surface area (Å²) in [7, 11) is 1.25. The molecule has 4 aliphatic rings. The van der Waals surface area contributed by atoms with E-state index < -0.39 is 17.2 Å². The maximum Gasteiger partial charge on any atom is 0.401 e. The molecule has 1 aromatic carbocycles. The Morgan fingerprint density at radius 3 is 2.48 bits per heavy atom. The molecule has 0 bridgehead atoms. The van der Waals surface area contributed by atoms with Crippen LogP contribution in [0.3, 0.4) is 0 Å². The van der Waals surface area contributed by atoms with Gasteiger partial charge in [0.05, 0.1) is 30.2 Å². The lowest BCUT2D eigenvalue weighted by Crippen LogP contribution is -2.35. The molecule has 0 amide bonds. The Kier molecular flexibility index (Phi) is 11.8. The standard InChI is InChI=1S/C36H45F3N2O3.C2H6.H2/c1-24(18-33(43-4)35(14-15-35)36(37,38)39)21-34(3,42)22-27-8-10-28(11-9-27)32-23-40-30-20-29(25(2)19-31(30)41-32)7-5-6-26-12-16-44-17-13-26;1-2;/h8-11,18-20,23,26,30,40,42H,1,5-7,12-17,21-22H2,2-4H3;1-2H3;1H/b33-18-;;. The molecule has 2 heterocycles. The molecule has 46 heavy (non-hydrogen) atoms. The summed E-state index contributed by atoms with van der Waals surface area (Å²) in [5, 5.41) is 14.6. The Morgan fingerprint density at radius 1 is 1.20 bits per heavy atom. The molecule has 1 saturated carbocycles. The number of nitrogens with zero attached hydrogens (tertiary/aromatic N) is 1. The minimum Gasteiger partial charge on any atom is -0.500 e. The largest absolute Gasteiger partial charge is 0.500 e. The zero-order valence-electron chi connectivity index (χ0n) is 28.1. The van der Waals surface area contributed by atoms with Crippen LogP contribution in [0.25, 0.3) is 5.70 Å². The molecule has 0 radical (unpaired) electrons. The molecule has 8 heteroatoms. The van der Waals surface area contributed by atoms with Gasteiger partial charge >= 0.3 is 6.18 Å². The Hall–Kier alpha value is -3.10. The van der Waals surface area contributed by atoms with E-state index in [-0.39, 0.29) is 32.5 Å². The van der Waals surface area contributed by atoms with E-state index in [2.05, 4.69) is 31.0 Å². The summed E-state index contributed by atoms with van der Waals surface area (Å²) < 4.78 is 51.3. The van der Waals surface area contributed by atoms with Gasteiger partial charge in [0.15, 0.2) is 0 Å². The number of allylic oxidation sites excluding steroid dienone is 4. The van der Waals surface area contributed by atoms with Crippen molar-refractivity contribution in [1.29, 1.82) is 0 Å². The number of halogens is 3. The van der Waals surface area contributed by atoms with Crippen molar-refractivity contribution in [2.45, 2.75) is 103 Å². The summed E-state index contributed by atoms with van der Waals surface area (Å²) in [6.07, 6.45) is 9.79. The van der Waals surface area contributed by atoms with Gasteiger partial charge < -0.3 is 19.9 Å². The lowest BCUT2D eigenvalue weighted by Gasteiger charge is -2.27. The number of aliphatic hydroxyl groups is 1. The fraction of sp³-hybridized carbons (Fsp3) is 0.553. The summed E-state index contributed by atoms with van der Waals surface area (Å²) in [6.45, 7) is 13.6. The van der Waals surface area contributed by atoms with E-state index in [4.69, 9.17) is 14.5 Å². The fourth-order valence-corrected chi connectivity index (χ4v) is 6.65. The highest BCUT2D eigenvalue weighted by Gasteiger charge is 2.66. The van der Waals surface area contributed by atoms with E-state index >= 15 is 0 Å². The van der Waals surface area contributed by atoms with Crippen LogP contribution in [0.2, 0.25) is 0 Å². The first-order valence-electron chi connectivity index (χ1n) is 16.7. The van der Waals surface area contributed by atoms with Gasteiger partial charge in [0.2, 0.25) is 0 Å². The van der Waals surface area contributed by atoms with Gasteiger partial charge in [-0.2, -0.15) is 13.2 Å². The average molecular weight is 643 g/mol. The molecular formula is C38H53F3N2O3. The predicted molar refractivity (Wildman–Crippen MR) is 182 cm³/mol. The monoisotopic (exact) mass is 642 g/mol. The SMILES string of the molecule is C=C(/C=C(\OC)C1(C(F)(F)F)CC1)CC(C)(O)Cc1ccc(C2=CNC3C=C(CCCC4CCOCC4)C(C)=CC3=N2)cc1.CC.[HH]. The number of aliphatic imine (C=N–C) groups is 1. The number of fused-ring (bicyclic) bond motifs is 1. The van der Waals surface area contributed by atoms with Gasteiger partial charge in [-0.25, -0.2) is 4.99 Å². The first-order chi connectivity index (χ1) is 21.9. The lowest BCUT2D eigenvalue weighted by atomic mass is 9.87. The number of benzene rings is 1. The molecule has 2 unspecified atom stereocenters. The highest BCUT2D eigenvalue weighted by molar-refractivity contribution is 6.06. The summed E-state index contributed by atoms with van der Waals surface area (Å²) in [6, 6.07) is 7.95. The van der Waals surface area contributed by atoms with Crippen LogP contribution in [0.15, 0.2) is 82.7 Å². The highest BCUT2D eigenvalue weighted by atomic mass is 19.4.